The molecule has 37 heavy (non-hydrogen) atoms. The Labute approximate surface area is 211 Å². The number of rotatable bonds is 5. The fourth-order valence-electron chi connectivity index (χ4n) is 6.16. The van der Waals surface area contributed by atoms with Gasteiger partial charge in [0.25, 0.3) is 0 Å². The van der Waals surface area contributed by atoms with Crippen molar-refractivity contribution in [2.24, 2.45) is 5.41 Å². The van der Waals surface area contributed by atoms with Crippen molar-refractivity contribution in [1.29, 1.82) is 0 Å². The maximum absolute atomic E-state index is 15.1. The lowest BCUT2D eigenvalue weighted by atomic mass is 9.34. The fourth-order valence-corrected chi connectivity index (χ4v) is 6.42. The Morgan fingerprint density at radius 3 is 2.54 bits per heavy atom. The summed E-state index contributed by atoms with van der Waals surface area (Å²) in [4.78, 5) is 25.2. The van der Waals surface area contributed by atoms with Crippen molar-refractivity contribution in [1.82, 2.24) is 15.5 Å². The summed E-state index contributed by atoms with van der Waals surface area (Å²) in [7, 11) is 0. The van der Waals surface area contributed by atoms with Gasteiger partial charge in [-0.25, -0.2) is 8.78 Å². The van der Waals surface area contributed by atoms with E-state index in [2.05, 4.69) is 20.8 Å². The van der Waals surface area contributed by atoms with Crippen LogP contribution in [0.5, 0.6) is 0 Å². The Morgan fingerprint density at radius 1 is 1.22 bits per heavy atom. The summed E-state index contributed by atoms with van der Waals surface area (Å²) in [5, 5.41) is 12.6. The molecule has 3 aliphatic carbocycles. The smallest absolute Gasteiger partial charge is 0.394 e. The van der Waals surface area contributed by atoms with Gasteiger partial charge in [-0.1, -0.05) is 16.7 Å². The monoisotopic (exact) mass is 545 g/mol. The second-order valence-corrected chi connectivity index (χ2v) is 10.9. The van der Waals surface area contributed by atoms with E-state index in [9.17, 15) is 27.2 Å². The number of imide groups is 1. The average molecular weight is 546 g/mol. The van der Waals surface area contributed by atoms with Crippen LogP contribution in [-0.2, 0) is 15.0 Å². The number of nitrogens with zero attached hydrogens (tertiary/aromatic N) is 3. The first-order valence-electron chi connectivity index (χ1n) is 11.8. The molecule has 1 aromatic carbocycles. The highest BCUT2D eigenvalue weighted by Crippen LogP contribution is 2.78. The first-order valence-corrected chi connectivity index (χ1v) is 12.2. The summed E-state index contributed by atoms with van der Waals surface area (Å²) in [6, 6.07) is 0.562. The minimum absolute atomic E-state index is 0.0229. The lowest BCUT2D eigenvalue weighted by Gasteiger charge is -2.68. The summed E-state index contributed by atoms with van der Waals surface area (Å²) in [6.45, 7) is 2.06. The zero-order chi connectivity index (χ0) is 26.5. The van der Waals surface area contributed by atoms with Gasteiger partial charge in [-0.3, -0.25) is 14.9 Å². The zero-order valence-electron chi connectivity index (χ0n) is 19.4. The highest BCUT2D eigenvalue weighted by molar-refractivity contribution is 6.33. The second kappa shape index (κ2) is 7.78. The SMILES string of the molecule is C[C@@H]1C(Nc2nnc(C34CC(C(F)(F)F)(C3)C4)o2)CN1c1cc(F)c([C@@H]2CCC(=O)NC2=O)c(F)c1Cl. The number of carbonyl (C=O) groups excluding carboxylic acids is 2. The molecule has 8 nitrogen and oxygen atoms in total. The zero-order valence-corrected chi connectivity index (χ0v) is 20.1. The molecule has 5 fully saturated rings. The Morgan fingerprint density at radius 2 is 1.92 bits per heavy atom. The number of halogens is 6. The largest absolute Gasteiger partial charge is 0.408 e. The van der Waals surface area contributed by atoms with Crippen LogP contribution >= 0.6 is 11.6 Å². The van der Waals surface area contributed by atoms with Crippen LogP contribution in [0, 0.1) is 17.0 Å². The van der Waals surface area contributed by atoms with Gasteiger partial charge >= 0.3 is 12.2 Å². The number of alkyl halides is 3. The van der Waals surface area contributed by atoms with E-state index in [1.54, 1.807) is 11.8 Å². The molecular weight excluding hydrogens is 525 g/mol. The summed E-state index contributed by atoms with van der Waals surface area (Å²) < 4.78 is 75.1. The number of benzene rings is 1. The molecule has 14 heteroatoms. The van der Waals surface area contributed by atoms with Crippen molar-refractivity contribution in [3.63, 3.8) is 0 Å². The third-order valence-electron chi connectivity index (χ3n) is 8.36. The molecule has 3 atom stereocenters. The van der Waals surface area contributed by atoms with Crippen LogP contribution in [0.3, 0.4) is 0 Å². The van der Waals surface area contributed by atoms with Crippen LogP contribution in [0.2, 0.25) is 5.02 Å². The predicted octanol–water partition coefficient (Wildman–Crippen LogP) is 4.19. The molecule has 2 amide bonds. The van der Waals surface area contributed by atoms with Crippen LogP contribution in [0.25, 0.3) is 0 Å². The van der Waals surface area contributed by atoms with Crippen LogP contribution in [0.15, 0.2) is 10.5 Å². The first kappa shape index (κ1) is 24.4. The maximum Gasteiger partial charge on any atom is 0.394 e. The lowest BCUT2D eigenvalue weighted by molar-refractivity contribution is -0.340. The van der Waals surface area contributed by atoms with E-state index in [1.807, 2.05) is 0 Å². The molecule has 2 N–H and O–H groups in total. The maximum atomic E-state index is 15.1. The molecule has 0 radical (unpaired) electrons. The summed E-state index contributed by atoms with van der Waals surface area (Å²) in [5.41, 5.74) is -2.71. The van der Waals surface area contributed by atoms with E-state index in [4.69, 9.17) is 16.0 Å². The molecule has 198 valence electrons. The molecule has 5 aliphatic rings. The van der Waals surface area contributed by atoms with Gasteiger partial charge in [-0.2, -0.15) is 13.2 Å². The highest BCUT2D eigenvalue weighted by Gasteiger charge is 2.80. The van der Waals surface area contributed by atoms with E-state index in [0.29, 0.717) is 0 Å². The van der Waals surface area contributed by atoms with E-state index in [-0.39, 0.29) is 73.3 Å². The van der Waals surface area contributed by atoms with Gasteiger partial charge in [0.05, 0.1) is 28.5 Å². The van der Waals surface area contributed by atoms with Gasteiger partial charge < -0.3 is 14.6 Å². The normalized spacial score (nSPS) is 32.8. The van der Waals surface area contributed by atoms with Crippen LogP contribution in [0.4, 0.5) is 33.7 Å². The molecule has 2 saturated heterocycles. The van der Waals surface area contributed by atoms with Gasteiger partial charge in [0, 0.05) is 24.6 Å². The van der Waals surface area contributed by atoms with Crippen LogP contribution in [0.1, 0.15) is 56.4 Å². The number of carbonyl (C=O) groups is 2. The van der Waals surface area contributed by atoms with E-state index in [0.717, 1.165) is 6.07 Å². The van der Waals surface area contributed by atoms with Gasteiger partial charge in [-0.15, -0.1) is 5.10 Å². The van der Waals surface area contributed by atoms with Gasteiger partial charge in [-0.05, 0) is 38.7 Å². The van der Waals surface area contributed by atoms with E-state index in [1.165, 1.54) is 0 Å². The Bertz CT molecular complexity index is 1310. The molecule has 1 unspecified atom stereocenters. The minimum Gasteiger partial charge on any atom is -0.408 e. The highest BCUT2D eigenvalue weighted by atomic mass is 35.5. The standard InChI is InChI=1S/C23H21ClF5N5O3/c1-9-12(30-20-33-32-19(37-20)21-6-22(7-21,8-21)23(27,28)29)5-34(9)13-4-11(25)15(17(26)16(13)24)10-2-3-14(35)31-18(10)36/h4,9-10,12H,2-3,5-8H2,1H3,(H,30,33)(H,31,35,36)/t9-,10+,12?,21?,22?/m1/s1. The van der Waals surface area contributed by atoms with E-state index >= 15 is 4.39 Å². The summed E-state index contributed by atoms with van der Waals surface area (Å²) in [6.07, 6.45) is -4.45. The predicted molar refractivity (Wildman–Crippen MR) is 119 cm³/mol. The number of nitrogens with one attached hydrogen (secondary N) is 2. The van der Waals surface area contributed by atoms with Gasteiger partial charge in [0.1, 0.15) is 10.8 Å². The molecule has 2 aliphatic heterocycles. The molecule has 2 aromatic rings. The Kier molecular flexibility index (Phi) is 5.12. The minimum atomic E-state index is -4.24. The topological polar surface area (TPSA) is 100 Å². The fraction of sp³-hybridized carbons (Fsp3) is 0.565. The van der Waals surface area contributed by atoms with Crippen molar-refractivity contribution in [2.75, 3.05) is 16.8 Å². The molecular formula is C23H21ClF5N5O3. The van der Waals surface area contributed by atoms with Crippen LogP contribution < -0.4 is 15.5 Å². The third kappa shape index (κ3) is 3.45. The summed E-state index contributed by atoms with van der Waals surface area (Å²) in [5.74, 6) is -4.24. The number of aromatic nitrogens is 2. The number of piperidine rings is 1. The number of hydrogen-bond acceptors (Lipinski definition) is 7. The van der Waals surface area contributed by atoms with Crippen molar-refractivity contribution in [2.45, 2.75) is 68.6 Å². The van der Waals surface area contributed by atoms with E-state index < -0.39 is 51.9 Å². The van der Waals surface area contributed by atoms with Crippen molar-refractivity contribution < 1.29 is 36.0 Å². The number of amides is 2. The Balaban J connectivity index is 1.12. The van der Waals surface area contributed by atoms with Crippen molar-refractivity contribution in [3.05, 3.63) is 34.2 Å². The molecule has 3 saturated carbocycles. The Hall–Kier alpha value is -2.96. The summed E-state index contributed by atoms with van der Waals surface area (Å²) >= 11 is 6.25. The van der Waals surface area contributed by atoms with Crippen LogP contribution in [-0.4, -0.2) is 46.8 Å². The molecule has 7 rings (SSSR count). The molecule has 2 bridgehead atoms. The third-order valence-corrected chi connectivity index (χ3v) is 8.72. The number of hydrogen-bond donors (Lipinski definition) is 2. The van der Waals surface area contributed by atoms with Crippen molar-refractivity contribution in [3.8, 4) is 0 Å². The average Bonchev–Trinajstić information content (AvgIpc) is 3.20. The molecule has 3 heterocycles. The second-order valence-electron chi connectivity index (χ2n) is 10.6. The first-order chi connectivity index (χ1) is 17.3. The molecule has 0 spiro atoms. The molecule has 1 aromatic heterocycles. The van der Waals surface area contributed by atoms with Gasteiger partial charge in [0.2, 0.25) is 17.7 Å². The van der Waals surface area contributed by atoms with Crippen molar-refractivity contribution >= 4 is 35.1 Å². The van der Waals surface area contributed by atoms with Gasteiger partial charge in [0.15, 0.2) is 5.82 Å². The quantitative estimate of drug-likeness (QED) is 0.330. The lowest BCUT2D eigenvalue weighted by Crippen LogP contribution is -2.70. The number of anilines is 2.